The van der Waals surface area contributed by atoms with E-state index in [-0.39, 0.29) is 57.4 Å². The molecule has 1 N–H and O–H groups in total. The van der Waals surface area contributed by atoms with Crippen LogP contribution in [0.2, 0.25) is 0 Å². The van der Waals surface area contributed by atoms with E-state index in [9.17, 15) is 0 Å². The van der Waals surface area contributed by atoms with Gasteiger partial charge in [0.1, 0.15) is 0 Å². The average molecular weight is 424 g/mol. The topological polar surface area (TPSA) is 15.8 Å². The summed E-state index contributed by atoms with van der Waals surface area (Å²) in [5.41, 5.74) is 5.14. The Kier molecular flexibility index (Phi) is 11.2. The molecule has 1 heterocycles. The first-order valence-electron chi connectivity index (χ1n) is 8.09. The minimum atomic E-state index is 0. The third kappa shape index (κ3) is 6.78. The van der Waals surface area contributed by atoms with Gasteiger partial charge in [0.15, 0.2) is 0 Å². The van der Waals surface area contributed by atoms with E-state index in [0.29, 0.717) is 0 Å². The molecule has 0 aliphatic heterocycles. The van der Waals surface area contributed by atoms with Crippen LogP contribution in [0.4, 0.5) is 0 Å². The maximum absolute atomic E-state index is 3.62. The summed E-state index contributed by atoms with van der Waals surface area (Å²) in [5, 5.41) is 1.35. The SMILES string of the molecule is C=C1[C-]=CC=C1.CC(C)(C)c1[c-][nH]c2cccc(C(C)(C)C)c12.[Cl-].[Cl-].[Ti+4]. The summed E-state index contributed by atoms with van der Waals surface area (Å²) in [7, 11) is 0. The van der Waals surface area contributed by atoms with Gasteiger partial charge in [0, 0.05) is 0 Å². The van der Waals surface area contributed by atoms with Gasteiger partial charge in [0.05, 0.1) is 0 Å². The Morgan fingerprint density at radius 1 is 0.962 bits per heavy atom. The van der Waals surface area contributed by atoms with Gasteiger partial charge in [-0.2, -0.15) is 30.4 Å². The zero-order chi connectivity index (χ0) is 17.3. The molecule has 0 atom stereocenters. The Hall–Kier alpha value is -0.726. The minimum Gasteiger partial charge on any atom is -1.00 e. The summed E-state index contributed by atoms with van der Waals surface area (Å²) in [5.74, 6) is 0. The number of fused-ring (bicyclic) bond motifs is 1. The maximum Gasteiger partial charge on any atom is 4.00 e. The second-order valence-electron chi connectivity index (χ2n) is 8.05. The van der Waals surface area contributed by atoms with Gasteiger partial charge in [-0.05, 0) is 10.8 Å². The van der Waals surface area contributed by atoms with Gasteiger partial charge in [-0.3, -0.25) is 0 Å². The van der Waals surface area contributed by atoms with Gasteiger partial charge in [-0.15, -0.1) is 34.8 Å². The molecule has 1 nitrogen and oxygen atoms in total. The first-order valence-corrected chi connectivity index (χ1v) is 8.09. The summed E-state index contributed by atoms with van der Waals surface area (Å²) >= 11 is 0. The molecule has 0 saturated heterocycles. The molecule has 0 amide bonds. The predicted molar refractivity (Wildman–Crippen MR) is 101 cm³/mol. The van der Waals surface area contributed by atoms with Crippen LogP contribution < -0.4 is 24.8 Å². The van der Waals surface area contributed by atoms with Gasteiger partial charge >= 0.3 is 21.7 Å². The predicted octanol–water partition coefficient (Wildman–Crippen LogP) is 0.0404. The van der Waals surface area contributed by atoms with E-state index in [1.54, 1.807) is 0 Å². The van der Waals surface area contributed by atoms with E-state index in [1.165, 1.54) is 22.0 Å². The molecule has 2 aromatic rings. The molecule has 0 spiro atoms. The monoisotopic (exact) mass is 423 g/mol. The molecule has 1 aromatic carbocycles. The van der Waals surface area contributed by atoms with Crippen LogP contribution in [-0.2, 0) is 32.5 Å². The molecule has 0 fully saturated rings. The molecule has 26 heavy (non-hydrogen) atoms. The summed E-state index contributed by atoms with van der Waals surface area (Å²) in [6.45, 7) is 17.1. The van der Waals surface area contributed by atoms with E-state index < -0.39 is 0 Å². The molecule has 0 radical (unpaired) electrons. The smallest absolute Gasteiger partial charge is 1.00 e. The molecule has 1 aliphatic carbocycles. The molecular weight excluding hydrogens is 397 g/mol. The summed E-state index contributed by atoms with van der Waals surface area (Å²) in [6, 6.07) is 6.50. The number of aromatic amines is 1. The van der Waals surface area contributed by atoms with E-state index >= 15 is 0 Å². The Bertz CT molecular complexity index is 758. The molecule has 0 unspecified atom stereocenters. The molecular formula is C22H27Cl2NTi. The van der Waals surface area contributed by atoms with Crippen molar-refractivity contribution in [1.82, 2.24) is 4.98 Å². The van der Waals surface area contributed by atoms with Gasteiger partial charge in [0.25, 0.3) is 0 Å². The van der Waals surface area contributed by atoms with E-state index in [1.807, 2.05) is 18.2 Å². The van der Waals surface area contributed by atoms with Crippen molar-refractivity contribution in [2.24, 2.45) is 0 Å². The van der Waals surface area contributed by atoms with Crippen LogP contribution in [0.15, 0.2) is 48.6 Å². The number of nitrogens with one attached hydrogen (secondary N) is 1. The normalized spacial score (nSPS) is 12.6. The van der Waals surface area contributed by atoms with Crippen molar-refractivity contribution < 1.29 is 46.5 Å². The number of halogens is 2. The second kappa shape index (κ2) is 10.6. The van der Waals surface area contributed by atoms with E-state index in [2.05, 4.69) is 83.6 Å². The number of allylic oxidation sites excluding steroid dienone is 5. The first kappa shape index (κ1) is 27.5. The number of hydrogen-bond donors (Lipinski definition) is 1. The number of hydrogen-bond acceptors (Lipinski definition) is 0. The van der Waals surface area contributed by atoms with Crippen LogP contribution in [0.1, 0.15) is 52.7 Å². The first-order chi connectivity index (χ1) is 10.6. The summed E-state index contributed by atoms with van der Waals surface area (Å²) in [6.07, 6.45) is 11.9. The van der Waals surface area contributed by atoms with Crippen molar-refractivity contribution in [3.63, 3.8) is 0 Å². The summed E-state index contributed by atoms with van der Waals surface area (Å²) in [4.78, 5) is 3.28. The Morgan fingerprint density at radius 3 is 1.96 bits per heavy atom. The van der Waals surface area contributed by atoms with Gasteiger partial charge in [0.2, 0.25) is 0 Å². The van der Waals surface area contributed by atoms with Gasteiger partial charge in [-0.1, -0.05) is 59.2 Å². The zero-order valence-electron chi connectivity index (χ0n) is 16.4. The standard InChI is InChI=1S/C16H22N.C6H5.2ClH.Ti/c1-15(2,3)11-8-7-9-13-14(11)12(10-17-13)16(4,5)6;1-6-4-2-3-5-6;;;/h7-9,17H,1-6H3;2-4H,1H2;2*1H;/q2*-1;;;+4/p-2. The number of benzene rings is 1. The largest absolute Gasteiger partial charge is 4.00 e. The van der Waals surface area contributed by atoms with Crippen LogP contribution in [0.3, 0.4) is 0 Å². The fraction of sp³-hybridized carbons (Fsp3) is 0.364. The third-order valence-corrected chi connectivity index (χ3v) is 3.86. The molecule has 1 aromatic heterocycles. The zero-order valence-corrected chi connectivity index (χ0v) is 19.5. The number of rotatable bonds is 0. The molecule has 1 aliphatic rings. The van der Waals surface area contributed by atoms with Crippen molar-refractivity contribution in [3.05, 3.63) is 72.0 Å². The van der Waals surface area contributed by atoms with Crippen molar-refractivity contribution in [3.8, 4) is 0 Å². The van der Waals surface area contributed by atoms with Crippen LogP contribution in [-0.4, -0.2) is 4.98 Å². The fourth-order valence-electron chi connectivity index (χ4n) is 2.67. The van der Waals surface area contributed by atoms with Crippen LogP contribution >= 0.6 is 0 Å². The van der Waals surface area contributed by atoms with Crippen LogP contribution in [0.25, 0.3) is 10.9 Å². The fourth-order valence-corrected chi connectivity index (χ4v) is 2.67. The number of aromatic nitrogens is 1. The number of H-pyrrole nitrogens is 1. The van der Waals surface area contributed by atoms with Gasteiger partial charge < -0.3 is 29.8 Å². The maximum atomic E-state index is 3.62. The quantitative estimate of drug-likeness (QED) is 0.455. The van der Waals surface area contributed by atoms with Crippen molar-refractivity contribution >= 4 is 10.9 Å². The Labute approximate surface area is 186 Å². The van der Waals surface area contributed by atoms with E-state index in [0.717, 1.165) is 5.57 Å². The molecule has 138 valence electrons. The molecule has 0 bridgehead atoms. The van der Waals surface area contributed by atoms with Crippen molar-refractivity contribution in [2.75, 3.05) is 0 Å². The van der Waals surface area contributed by atoms with Crippen molar-refractivity contribution in [1.29, 1.82) is 0 Å². The molecule has 3 rings (SSSR count). The summed E-state index contributed by atoms with van der Waals surface area (Å²) < 4.78 is 0. The van der Waals surface area contributed by atoms with E-state index in [4.69, 9.17) is 0 Å². The Morgan fingerprint density at radius 2 is 1.58 bits per heavy atom. The minimum absolute atomic E-state index is 0. The molecule has 4 heteroatoms. The Balaban J connectivity index is 0. The second-order valence-corrected chi connectivity index (χ2v) is 8.05. The van der Waals surface area contributed by atoms with Crippen molar-refractivity contribution in [2.45, 2.75) is 52.4 Å². The third-order valence-electron chi connectivity index (χ3n) is 3.86. The molecule has 0 saturated carbocycles. The van der Waals surface area contributed by atoms with Crippen LogP contribution in [0, 0.1) is 12.3 Å². The average Bonchev–Trinajstić information content (AvgIpc) is 3.05. The van der Waals surface area contributed by atoms with Gasteiger partial charge in [-0.25, -0.2) is 0 Å². The van der Waals surface area contributed by atoms with Crippen LogP contribution in [0.5, 0.6) is 0 Å².